The zero-order chi connectivity index (χ0) is 9.97. The predicted molar refractivity (Wildman–Crippen MR) is 52.6 cm³/mol. The van der Waals surface area contributed by atoms with Gasteiger partial charge in [0.2, 0.25) is 5.89 Å². The van der Waals surface area contributed by atoms with Gasteiger partial charge in [0.05, 0.1) is 6.04 Å². The fourth-order valence-electron chi connectivity index (χ4n) is 1.31. The minimum absolute atomic E-state index is 0.0416. The highest BCUT2D eigenvalue weighted by molar-refractivity contribution is 5.72. The fourth-order valence-corrected chi connectivity index (χ4v) is 1.31. The Morgan fingerprint density at radius 1 is 1.43 bits per heavy atom. The molecule has 0 aliphatic heterocycles. The first-order chi connectivity index (χ1) is 6.81. The number of aliphatic hydroxyl groups excluding tert-OH is 1. The van der Waals surface area contributed by atoms with E-state index in [4.69, 9.17) is 15.3 Å². The van der Waals surface area contributed by atoms with Crippen molar-refractivity contribution < 1.29 is 9.52 Å². The second kappa shape index (κ2) is 3.77. The van der Waals surface area contributed by atoms with Crippen LogP contribution in [-0.2, 0) is 0 Å². The lowest BCUT2D eigenvalue weighted by molar-refractivity contribution is 0.268. The van der Waals surface area contributed by atoms with E-state index in [0.717, 1.165) is 11.1 Å². The van der Waals surface area contributed by atoms with Gasteiger partial charge in [-0.2, -0.15) is 0 Å². The molecule has 4 nitrogen and oxygen atoms in total. The Bertz CT molecular complexity index is 392. The maximum atomic E-state index is 8.72. The number of nitrogens with zero attached hydrogens (tertiary/aromatic N) is 1. The number of rotatable bonds is 3. The Balaban J connectivity index is 2.35. The van der Waals surface area contributed by atoms with Crippen LogP contribution in [0.15, 0.2) is 28.7 Å². The van der Waals surface area contributed by atoms with E-state index in [1.54, 1.807) is 0 Å². The summed E-state index contributed by atoms with van der Waals surface area (Å²) in [7, 11) is 0. The van der Waals surface area contributed by atoms with Crippen molar-refractivity contribution in [2.75, 3.05) is 6.61 Å². The van der Waals surface area contributed by atoms with Gasteiger partial charge >= 0.3 is 0 Å². The van der Waals surface area contributed by atoms with Gasteiger partial charge in [-0.15, -0.1) is 0 Å². The highest BCUT2D eigenvalue weighted by Crippen LogP contribution is 2.19. The zero-order valence-electron chi connectivity index (χ0n) is 7.68. The van der Waals surface area contributed by atoms with Crippen LogP contribution in [0.4, 0.5) is 0 Å². The molecular formula is C10H12N2O2. The van der Waals surface area contributed by atoms with Crippen LogP contribution in [-0.4, -0.2) is 16.7 Å². The third-order valence-electron chi connectivity index (χ3n) is 2.07. The number of para-hydroxylation sites is 2. The molecule has 3 N–H and O–H groups in total. The standard InChI is InChI=1S/C10H12N2O2/c11-7(5-6-13)10-12-8-3-1-2-4-9(8)14-10/h1-4,7,13H,5-6,11H2. The molecule has 0 saturated carbocycles. The van der Waals surface area contributed by atoms with Gasteiger partial charge in [-0.25, -0.2) is 4.98 Å². The van der Waals surface area contributed by atoms with Crippen molar-refractivity contribution in [2.45, 2.75) is 12.5 Å². The lowest BCUT2D eigenvalue weighted by Gasteiger charge is -2.02. The molecule has 0 spiro atoms. The topological polar surface area (TPSA) is 72.3 Å². The minimum atomic E-state index is -0.326. The number of hydrogen-bond acceptors (Lipinski definition) is 4. The van der Waals surface area contributed by atoms with Crippen molar-refractivity contribution in [1.82, 2.24) is 4.98 Å². The van der Waals surface area contributed by atoms with Crippen LogP contribution >= 0.6 is 0 Å². The van der Waals surface area contributed by atoms with Crippen LogP contribution in [0.1, 0.15) is 18.4 Å². The number of fused-ring (bicyclic) bond motifs is 1. The summed E-state index contributed by atoms with van der Waals surface area (Å²) in [6.45, 7) is 0.0416. The second-order valence-electron chi connectivity index (χ2n) is 3.14. The lowest BCUT2D eigenvalue weighted by atomic mass is 10.2. The zero-order valence-corrected chi connectivity index (χ0v) is 7.68. The summed E-state index contributed by atoms with van der Waals surface area (Å²) in [4.78, 5) is 4.23. The molecule has 1 atom stereocenters. The highest BCUT2D eigenvalue weighted by Gasteiger charge is 2.12. The molecule has 0 fully saturated rings. The average molecular weight is 192 g/mol. The summed E-state index contributed by atoms with van der Waals surface area (Å²) in [5.74, 6) is 0.486. The van der Waals surface area contributed by atoms with E-state index in [1.807, 2.05) is 24.3 Å². The molecule has 2 rings (SSSR count). The molecule has 0 bridgehead atoms. The molecule has 0 radical (unpaired) electrons. The minimum Gasteiger partial charge on any atom is -0.439 e. The van der Waals surface area contributed by atoms with Gasteiger partial charge < -0.3 is 15.3 Å². The van der Waals surface area contributed by atoms with Crippen LogP contribution in [0, 0.1) is 0 Å². The molecule has 1 aromatic carbocycles. The molecule has 0 aliphatic carbocycles. The molecule has 0 saturated heterocycles. The highest BCUT2D eigenvalue weighted by atomic mass is 16.3. The second-order valence-corrected chi connectivity index (χ2v) is 3.14. The first kappa shape index (κ1) is 9.18. The van der Waals surface area contributed by atoms with E-state index in [2.05, 4.69) is 4.98 Å². The average Bonchev–Trinajstić information content (AvgIpc) is 2.61. The number of benzene rings is 1. The number of nitrogens with two attached hydrogens (primary N) is 1. The molecular weight excluding hydrogens is 180 g/mol. The van der Waals surface area contributed by atoms with Crippen LogP contribution in [0.5, 0.6) is 0 Å². The molecule has 14 heavy (non-hydrogen) atoms. The van der Waals surface area contributed by atoms with E-state index in [1.165, 1.54) is 0 Å². The third-order valence-corrected chi connectivity index (χ3v) is 2.07. The van der Waals surface area contributed by atoms with Gasteiger partial charge in [-0.05, 0) is 18.6 Å². The maximum Gasteiger partial charge on any atom is 0.212 e. The van der Waals surface area contributed by atoms with Gasteiger partial charge in [0.1, 0.15) is 5.52 Å². The van der Waals surface area contributed by atoms with E-state index in [0.29, 0.717) is 12.3 Å². The van der Waals surface area contributed by atoms with Crippen molar-refractivity contribution >= 4 is 11.1 Å². The molecule has 1 unspecified atom stereocenters. The fraction of sp³-hybridized carbons (Fsp3) is 0.300. The summed E-state index contributed by atoms with van der Waals surface area (Å²) >= 11 is 0. The Kier molecular flexibility index (Phi) is 2.47. The van der Waals surface area contributed by atoms with E-state index < -0.39 is 0 Å². The monoisotopic (exact) mass is 192 g/mol. The summed E-state index contributed by atoms with van der Waals surface area (Å²) < 4.78 is 5.44. The Hall–Kier alpha value is -1.39. The molecule has 0 aliphatic rings. The van der Waals surface area contributed by atoms with Gasteiger partial charge in [0, 0.05) is 6.61 Å². The molecule has 74 valence electrons. The van der Waals surface area contributed by atoms with E-state index in [-0.39, 0.29) is 12.6 Å². The van der Waals surface area contributed by atoms with Gasteiger partial charge in [-0.3, -0.25) is 0 Å². The molecule has 0 amide bonds. The number of aliphatic hydroxyl groups is 1. The molecule has 1 heterocycles. The molecule has 4 heteroatoms. The van der Waals surface area contributed by atoms with E-state index in [9.17, 15) is 0 Å². The first-order valence-electron chi connectivity index (χ1n) is 4.53. The summed E-state index contributed by atoms with van der Waals surface area (Å²) in [5, 5.41) is 8.72. The van der Waals surface area contributed by atoms with Crippen LogP contribution in [0.2, 0.25) is 0 Å². The van der Waals surface area contributed by atoms with Crippen molar-refractivity contribution in [3.05, 3.63) is 30.2 Å². The number of oxazole rings is 1. The quantitative estimate of drug-likeness (QED) is 0.766. The summed E-state index contributed by atoms with van der Waals surface area (Å²) in [5.41, 5.74) is 7.29. The lowest BCUT2D eigenvalue weighted by Crippen LogP contribution is -2.11. The summed E-state index contributed by atoms with van der Waals surface area (Å²) in [6.07, 6.45) is 0.465. The molecule has 1 aromatic heterocycles. The SMILES string of the molecule is NC(CCO)c1nc2ccccc2o1. The third kappa shape index (κ3) is 1.62. The predicted octanol–water partition coefficient (Wildman–Crippen LogP) is 1.21. The summed E-state index contributed by atoms with van der Waals surface area (Å²) in [6, 6.07) is 7.17. The van der Waals surface area contributed by atoms with Crippen LogP contribution in [0.3, 0.4) is 0 Å². The van der Waals surface area contributed by atoms with Crippen molar-refractivity contribution in [3.63, 3.8) is 0 Å². The van der Waals surface area contributed by atoms with Gasteiger partial charge in [0.15, 0.2) is 5.58 Å². The number of aromatic nitrogens is 1. The Morgan fingerprint density at radius 2 is 2.21 bits per heavy atom. The van der Waals surface area contributed by atoms with Crippen molar-refractivity contribution in [1.29, 1.82) is 0 Å². The van der Waals surface area contributed by atoms with Gasteiger partial charge in [-0.1, -0.05) is 12.1 Å². The van der Waals surface area contributed by atoms with Crippen molar-refractivity contribution in [3.8, 4) is 0 Å². The smallest absolute Gasteiger partial charge is 0.212 e. The van der Waals surface area contributed by atoms with Crippen LogP contribution < -0.4 is 5.73 Å². The van der Waals surface area contributed by atoms with E-state index >= 15 is 0 Å². The Morgan fingerprint density at radius 3 is 2.93 bits per heavy atom. The normalized spacial score (nSPS) is 13.3. The number of hydrogen-bond donors (Lipinski definition) is 2. The van der Waals surface area contributed by atoms with Gasteiger partial charge in [0.25, 0.3) is 0 Å². The first-order valence-corrected chi connectivity index (χ1v) is 4.53. The maximum absolute atomic E-state index is 8.72. The molecule has 2 aromatic rings. The van der Waals surface area contributed by atoms with Crippen LogP contribution in [0.25, 0.3) is 11.1 Å². The van der Waals surface area contributed by atoms with Crippen molar-refractivity contribution in [2.24, 2.45) is 5.73 Å². The Labute approximate surface area is 81.4 Å². The largest absolute Gasteiger partial charge is 0.439 e.